The van der Waals surface area contributed by atoms with Crippen molar-refractivity contribution >= 4 is 0 Å². The van der Waals surface area contributed by atoms with Gasteiger partial charge in [-0.25, -0.2) is 0 Å². The second-order valence-corrected chi connectivity index (χ2v) is 6.67. The molecule has 0 aliphatic carbocycles. The van der Waals surface area contributed by atoms with E-state index < -0.39 is 0 Å². The van der Waals surface area contributed by atoms with Gasteiger partial charge in [0.2, 0.25) is 0 Å². The Morgan fingerprint density at radius 3 is 2.00 bits per heavy atom. The van der Waals surface area contributed by atoms with Crippen molar-refractivity contribution in [2.24, 2.45) is 5.73 Å². The molecule has 120 valence electrons. The normalized spacial score (nSPS) is 18.6. The SMILES string of the molecule is CCCCCCCCC(N)C(CC)(CC)N1CCCC1. The van der Waals surface area contributed by atoms with E-state index in [0.29, 0.717) is 6.04 Å². The summed E-state index contributed by atoms with van der Waals surface area (Å²) in [5, 5.41) is 0. The molecule has 1 aliphatic rings. The summed E-state index contributed by atoms with van der Waals surface area (Å²) < 4.78 is 0. The molecular weight excluding hydrogens is 244 g/mol. The molecule has 1 atom stereocenters. The monoisotopic (exact) mass is 282 g/mol. The molecule has 0 aromatic rings. The number of rotatable bonds is 11. The largest absolute Gasteiger partial charge is 0.326 e. The molecule has 0 bridgehead atoms. The molecule has 0 amide bonds. The summed E-state index contributed by atoms with van der Waals surface area (Å²) in [5.74, 6) is 0. The summed E-state index contributed by atoms with van der Waals surface area (Å²) in [4.78, 5) is 2.70. The lowest BCUT2D eigenvalue weighted by molar-refractivity contribution is 0.0727. The van der Waals surface area contributed by atoms with Crippen molar-refractivity contribution in [1.29, 1.82) is 0 Å². The molecule has 0 saturated carbocycles. The lowest BCUT2D eigenvalue weighted by Crippen LogP contribution is -2.58. The van der Waals surface area contributed by atoms with Gasteiger partial charge in [0.25, 0.3) is 0 Å². The summed E-state index contributed by atoms with van der Waals surface area (Å²) in [6, 6.07) is 0.363. The lowest BCUT2D eigenvalue weighted by atomic mass is 9.80. The number of unbranched alkanes of at least 4 members (excludes halogenated alkanes) is 5. The second kappa shape index (κ2) is 9.78. The Kier molecular flexibility index (Phi) is 8.79. The maximum Gasteiger partial charge on any atom is 0.0355 e. The first-order chi connectivity index (χ1) is 9.71. The molecule has 1 fully saturated rings. The third kappa shape index (κ3) is 4.73. The molecule has 1 unspecified atom stereocenters. The average molecular weight is 283 g/mol. The van der Waals surface area contributed by atoms with E-state index in [1.165, 1.54) is 83.7 Å². The predicted octanol–water partition coefficient (Wildman–Crippen LogP) is 4.72. The van der Waals surface area contributed by atoms with Gasteiger partial charge in [0.05, 0.1) is 0 Å². The highest BCUT2D eigenvalue weighted by atomic mass is 15.2. The fourth-order valence-electron chi connectivity index (χ4n) is 4.03. The Balaban J connectivity index is 2.37. The molecule has 2 nitrogen and oxygen atoms in total. The molecule has 1 aliphatic heterocycles. The quantitative estimate of drug-likeness (QED) is 0.556. The number of hydrogen-bond acceptors (Lipinski definition) is 2. The van der Waals surface area contributed by atoms with Crippen molar-refractivity contribution in [1.82, 2.24) is 4.90 Å². The third-order valence-electron chi connectivity index (χ3n) is 5.52. The molecule has 1 rings (SSSR count). The Hall–Kier alpha value is -0.0800. The molecular formula is C18H38N2. The summed E-state index contributed by atoms with van der Waals surface area (Å²) >= 11 is 0. The molecule has 20 heavy (non-hydrogen) atoms. The summed E-state index contributed by atoms with van der Waals surface area (Å²) in [7, 11) is 0. The van der Waals surface area contributed by atoms with Gasteiger partial charge in [0.15, 0.2) is 0 Å². The van der Waals surface area contributed by atoms with Crippen LogP contribution in [-0.2, 0) is 0 Å². The van der Waals surface area contributed by atoms with Crippen LogP contribution in [0, 0.1) is 0 Å². The van der Waals surface area contributed by atoms with Crippen molar-refractivity contribution in [2.45, 2.75) is 103 Å². The van der Waals surface area contributed by atoms with E-state index in [1.54, 1.807) is 0 Å². The average Bonchev–Trinajstić information content (AvgIpc) is 2.99. The van der Waals surface area contributed by atoms with E-state index in [1.807, 2.05) is 0 Å². The number of likely N-dealkylation sites (tertiary alicyclic amines) is 1. The van der Waals surface area contributed by atoms with Crippen LogP contribution in [0.15, 0.2) is 0 Å². The van der Waals surface area contributed by atoms with Crippen LogP contribution in [0.1, 0.15) is 91.4 Å². The second-order valence-electron chi connectivity index (χ2n) is 6.67. The van der Waals surface area contributed by atoms with Gasteiger partial charge in [-0.1, -0.05) is 59.3 Å². The smallest absolute Gasteiger partial charge is 0.0355 e. The van der Waals surface area contributed by atoms with E-state index in [9.17, 15) is 0 Å². The zero-order valence-electron chi connectivity index (χ0n) is 14.3. The zero-order chi connectivity index (χ0) is 14.8. The van der Waals surface area contributed by atoms with Gasteiger partial charge in [0.1, 0.15) is 0 Å². The van der Waals surface area contributed by atoms with Gasteiger partial charge in [-0.05, 0) is 45.2 Å². The van der Waals surface area contributed by atoms with Gasteiger partial charge in [-0.3, -0.25) is 4.90 Å². The van der Waals surface area contributed by atoms with Crippen LogP contribution in [-0.4, -0.2) is 29.6 Å². The van der Waals surface area contributed by atoms with E-state index in [0.717, 1.165) is 0 Å². The van der Waals surface area contributed by atoms with Crippen LogP contribution in [0.25, 0.3) is 0 Å². The first-order valence-corrected chi connectivity index (χ1v) is 9.21. The van der Waals surface area contributed by atoms with Crippen LogP contribution < -0.4 is 5.73 Å². The summed E-state index contributed by atoms with van der Waals surface area (Å²) in [6.45, 7) is 9.49. The van der Waals surface area contributed by atoms with Crippen molar-refractivity contribution < 1.29 is 0 Å². The van der Waals surface area contributed by atoms with E-state index in [2.05, 4.69) is 25.7 Å². The first kappa shape index (κ1) is 18.0. The Labute approximate surface area is 127 Å². The van der Waals surface area contributed by atoms with Crippen molar-refractivity contribution in [3.63, 3.8) is 0 Å². The van der Waals surface area contributed by atoms with Crippen molar-refractivity contribution in [2.75, 3.05) is 13.1 Å². The number of hydrogen-bond donors (Lipinski definition) is 1. The van der Waals surface area contributed by atoms with E-state index >= 15 is 0 Å². The van der Waals surface area contributed by atoms with Crippen LogP contribution in [0.3, 0.4) is 0 Å². The predicted molar refractivity (Wildman–Crippen MR) is 90.1 cm³/mol. The van der Waals surface area contributed by atoms with Gasteiger partial charge in [-0.15, -0.1) is 0 Å². The molecule has 1 heterocycles. The van der Waals surface area contributed by atoms with Gasteiger partial charge >= 0.3 is 0 Å². The molecule has 1 saturated heterocycles. The van der Waals surface area contributed by atoms with E-state index in [4.69, 9.17) is 5.73 Å². The minimum absolute atomic E-state index is 0.278. The minimum atomic E-state index is 0.278. The van der Waals surface area contributed by atoms with Crippen molar-refractivity contribution in [3.8, 4) is 0 Å². The van der Waals surface area contributed by atoms with Gasteiger partial charge in [0, 0.05) is 11.6 Å². The fourth-order valence-corrected chi connectivity index (χ4v) is 4.03. The van der Waals surface area contributed by atoms with Crippen molar-refractivity contribution in [3.05, 3.63) is 0 Å². The van der Waals surface area contributed by atoms with Crippen LogP contribution in [0.4, 0.5) is 0 Å². The maximum absolute atomic E-state index is 6.65. The first-order valence-electron chi connectivity index (χ1n) is 9.21. The molecule has 0 spiro atoms. The summed E-state index contributed by atoms with van der Waals surface area (Å²) in [5.41, 5.74) is 6.93. The fraction of sp³-hybridized carbons (Fsp3) is 1.00. The molecule has 0 aromatic carbocycles. The standard InChI is InChI=1S/C18H38N2/c1-4-7-8-9-10-11-14-17(19)18(5-2,6-3)20-15-12-13-16-20/h17H,4-16,19H2,1-3H3. The zero-order valence-corrected chi connectivity index (χ0v) is 14.3. The van der Waals surface area contributed by atoms with Gasteiger partial charge in [-0.2, -0.15) is 0 Å². The molecule has 0 aromatic heterocycles. The Morgan fingerprint density at radius 1 is 0.900 bits per heavy atom. The van der Waals surface area contributed by atoms with Gasteiger partial charge < -0.3 is 5.73 Å². The Bertz CT molecular complexity index is 230. The number of nitrogens with zero attached hydrogens (tertiary/aromatic N) is 1. The third-order valence-corrected chi connectivity index (χ3v) is 5.52. The van der Waals surface area contributed by atoms with Crippen LogP contribution in [0.2, 0.25) is 0 Å². The van der Waals surface area contributed by atoms with E-state index in [-0.39, 0.29) is 5.54 Å². The highest BCUT2D eigenvalue weighted by Gasteiger charge is 2.39. The number of nitrogens with two attached hydrogens (primary N) is 1. The van der Waals surface area contributed by atoms with Crippen LogP contribution >= 0.6 is 0 Å². The highest BCUT2D eigenvalue weighted by Crippen LogP contribution is 2.32. The summed E-state index contributed by atoms with van der Waals surface area (Å²) in [6.07, 6.45) is 14.6. The topological polar surface area (TPSA) is 29.3 Å². The lowest BCUT2D eigenvalue weighted by Gasteiger charge is -2.45. The molecule has 0 radical (unpaired) electrons. The highest BCUT2D eigenvalue weighted by molar-refractivity contribution is 4.98. The maximum atomic E-state index is 6.65. The minimum Gasteiger partial charge on any atom is -0.326 e. The van der Waals surface area contributed by atoms with Crippen LogP contribution in [0.5, 0.6) is 0 Å². The molecule has 2 N–H and O–H groups in total. The molecule has 2 heteroatoms. The Morgan fingerprint density at radius 2 is 1.45 bits per heavy atom.